The van der Waals surface area contributed by atoms with E-state index in [1.54, 1.807) is 7.11 Å². The lowest BCUT2D eigenvalue weighted by Crippen LogP contribution is -2.13. The van der Waals surface area contributed by atoms with Gasteiger partial charge in [0.25, 0.3) is 0 Å². The third kappa shape index (κ3) is 2.11. The SMILES string of the molecule is COc1cc(C2CCCN2)cc(Cl)c1C. The normalized spacial score (nSPS) is 20.6. The Morgan fingerprint density at radius 3 is 2.87 bits per heavy atom. The molecule has 2 rings (SSSR count). The highest BCUT2D eigenvalue weighted by atomic mass is 35.5. The number of benzene rings is 1. The molecular weight excluding hydrogens is 210 g/mol. The van der Waals surface area contributed by atoms with Crippen LogP contribution in [-0.2, 0) is 0 Å². The van der Waals surface area contributed by atoms with Crippen molar-refractivity contribution < 1.29 is 4.74 Å². The van der Waals surface area contributed by atoms with Crippen LogP contribution in [0.25, 0.3) is 0 Å². The Balaban J connectivity index is 2.35. The van der Waals surface area contributed by atoms with E-state index in [0.717, 1.165) is 22.9 Å². The predicted molar refractivity (Wildman–Crippen MR) is 62.7 cm³/mol. The van der Waals surface area contributed by atoms with E-state index in [4.69, 9.17) is 16.3 Å². The molecule has 0 radical (unpaired) electrons. The fourth-order valence-electron chi connectivity index (χ4n) is 2.06. The zero-order chi connectivity index (χ0) is 10.8. The maximum absolute atomic E-state index is 6.17. The van der Waals surface area contributed by atoms with Gasteiger partial charge in [-0.3, -0.25) is 0 Å². The van der Waals surface area contributed by atoms with Crippen LogP contribution < -0.4 is 10.1 Å². The van der Waals surface area contributed by atoms with Gasteiger partial charge in [0.05, 0.1) is 7.11 Å². The van der Waals surface area contributed by atoms with Crippen molar-refractivity contribution in [3.63, 3.8) is 0 Å². The van der Waals surface area contributed by atoms with Gasteiger partial charge in [-0.1, -0.05) is 11.6 Å². The minimum atomic E-state index is 0.442. The molecule has 0 saturated carbocycles. The maximum atomic E-state index is 6.17. The molecule has 0 amide bonds. The summed E-state index contributed by atoms with van der Waals surface area (Å²) in [6.07, 6.45) is 2.42. The number of nitrogens with one attached hydrogen (secondary N) is 1. The van der Waals surface area contributed by atoms with Crippen molar-refractivity contribution in [3.05, 3.63) is 28.3 Å². The molecular formula is C12H16ClNO. The van der Waals surface area contributed by atoms with Gasteiger partial charge in [0.1, 0.15) is 5.75 Å². The lowest BCUT2D eigenvalue weighted by atomic mass is 10.0. The minimum Gasteiger partial charge on any atom is -0.496 e. The van der Waals surface area contributed by atoms with E-state index in [1.807, 2.05) is 13.0 Å². The lowest BCUT2D eigenvalue weighted by Gasteiger charge is -2.14. The summed E-state index contributed by atoms with van der Waals surface area (Å²) in [5, 5.41) is 4.25. The molecule has 0 bridgehead atoms. The van der Waals surface area contributed by atoms with Gasteiger partial charge in [-0.25, -0.2) is 0 Å². The summed E-state index contributed by atoms with van der Waals surface area (Å²) in [6, 6.07) is 4.57. The van der Waals surface area contributed by atoms with Crippen LogP contribution in [0.3, 0.4) is 0 Å². The molecule has 1 atom stereocenters. The van der Waals surface area contributed by atoms with Crippen LogP contribution in [-0.4, -0.2) is 13.7 Å². The Morgan fingerprint density at radius 1 is 1.47 bits per heavy atom. The maximum Gasteiger partial charge on any atom is 0.123 e. The van der Waals surface area contributed by atoms with E-state index in [9.17, 15) is 0 Å². The Morgan fingerprint density at radius 2 is 2.27 bits per heavy atom. The monoisotopic (exact) mass is 225 g/mol. The molecule has 1 unspecified atom stereocenters. The number of methoxy groups -OCH3 is 1. The number of ether oxygens (including phenoxy) is 1. The van der Waals surface area contributed by atoms with Gasteiger partial charge in [-0.05, 0) is 44.0 Å². The molecule has 1 fully saturated rings. The fourth-order valence-corrected chi connectivity index (χ4v) is 2.27. The van der Waals surface area contributed by atoms with E-state index in [1.165, 1.54) is 18.4 Å². The molecule has 0 spiro atoms. The van der Waals surface area contributed by atoms with E-state index in [0.29, 0.717) is 6.04 Å². The first-order valence-electron chi connectivity index (χ1n) is 5.30. The predicted octanol–water partition coefficient (Wildman–Crippen LogP) is 3.08. The summed E-state index contributed by atoms with van der Waals surface area (Å²) < 4.78 is 5.31. The molecule has 1 aromatic carbocycles. The highest BCUT2D eigenvalue weighted by Gasteiger charge is 2.18. The quantitative estimate of drug-likeness (QED) is 0.835. The van der Waals surface area contributed by atoms with Gasteiger partial charge in [0.15, 0.2) is 0 Å². The van der Waals surface area contributed by atoms with E-state index in [-0.39, 0.29) is 0 Å². The molecule has 1 aliphatic rings. The van der Waals surface area contributed by atoms with Crippen molar-refractivity contribution in [3.8, 4) is 5.75 Å². The second-order valence-electron chi connectivity index (χ2n) is 3.98. The molecule has 1 aromatic rings. The highest BCUT2D eigenvalue weighted by Crippen LogP contribution is 2.32. The lowest BCUT2D eigenvalue weighted by molar-refractivity contribution is 0.410. The second kappa shape index (κ2) is 4.42. The van der Waals surface area contributed by atoms with Crippen molar-refractivity contribution in [1.29, 1.82) is 0 Å². The van der Waals surface area contributed by atoms with E-state index in [2.05, 4.69) is 11.4 Å². The zero-order valence-corrected chi connectivity index (χ0v) is 9.90. The molecule has 1 aliphatic heterocycles. The van der Waals surface area contributed by atoms with Gasteiger partial charge in [-0.2, -0.15) is 0 Å². The summed E-state index contributed by atoms with van der Waals surface area (Å²) in [5.41, 5.74) is 2.25. The van der Waals surface area contributed by atoms with Crippen molar-refractivity contribution >= 4 is 11.6 Å². The number of halogens is 1. The van der Waals surface area contributed by atoms with E-state index >= 15 is 0 Å². The first-order chi connectivity index (χ1) is 7.22. The van der Waals surface area contributed by atoms with Gasteiger partial charge in [-0.15, -0.1) is 0 Å². The van der Waals surface area contributed by atoms with Gasteiger partial charge < -0.3 is 10.1 Å². The third-order valence-electron chi connectivity index (χ3n) is 3.00. The van der Waals surface area contributed by atoms with Crippen LogP contribution in [0.1, 0.15) is 30.0 Å². The van der Waals surface area contributed by atoms with Crippen LogP contribution in [0.5, 0.6) is 5.75 Å². The van der Waals surface area contributed by atoms with Crippen molar-refractivity contribution in [2.45, 2.75) is 25.8 Å². The molecule has 3 heteroatoms. The molecule has 2 nitrogen and oxygen atoms in total. The molecule has 1 saturated heterocycles. The van der Waals surface area contributed by atoms with Crippen LogP contribution in [0.2, 0.25) is 5.02 Å². The first kappa shape index (κ1) is 10.8. The Kier molecular flexibility index (Phi) is 3.17. The Bertz CT molecular complexity index is 359. The van der Waals surface area contributed by atoms with E-state index < -0.39 is 0 Å². The Labute approximate surface area is 95.6 Å². The molecule has 82 valence electrons. The molecule has 1 N–H and O–H groups in total. The molecule has 15 heavy (non-hydrogen) atoms. The van der Waals surface area contributed by atoms with Crippen LogP contribution in [0, 0.1) is 6.92 Å². The first-order valence-corrected chi connectivity index (χ1v) is 5.67. The van der Waals surface area contributed by atoms with Crippen molar-refractivity contribution in [1.82, 2.24) is 5.32 Å². The number of hydrogen-bond acceptors (Lipinski definition) is 2. The van der Waals surface area contributed by atoms with Gasteiger partial charge >= 0.3 is 0 Å². The standard InChI is InChI=1S/C12H16ClNO/c1-8-10(13)6-9(7-12(8)15-2)11-4-3-5-14-11/h6-7,11,14H,3-5H2,1-2H3. The Hall–Kier alpha value is -0.730. The summed E-state index contributed by atoms with van der Waals surface area (Å²) >= 11 is 6.17. The zero-order valence-electron chi connectivity index (χ0n) is 9.14. The molecule has 1 heterocycles. The number of hydrogen-bond donors (Lipinski definition) is 1. The molecule has 0 aromatic heterocycles. The smallest absolute Gasteiger partial charge is 0.123 e. The van der Waals surface area contributed by atoms with Crippen LogP contribution in [0.15, 0.2) is 12.1 Å². The summed E-state index contributed by atoms with van der Waals surface area (Å²) in [7, 11) is 1.69. The van der Waals surface area contributed by atoms with Crippen molar-refractivity contribution in [2.75, 3.05) is 13.7 Å². The average Bonchev–Trinajstić information content (AvgIpc) is 2.75. The second-order valence-corrected chi connectivity index (χ2v) is 4.39. The largest absolute Gasteiger partial charge is 0.496 e. The summed E-state index contributed by atoms with van der Waals surface area (Å²) in [5.74, 6) is 0.881. The summed E-state index contributed by atoms with van der Waals surface area (Å²) in [6.45, 7) is 3.07. The van der Waals surface area contributed by atoms with Crippen LogP contribution in [0.4, 0.5) is 0 Å². The highest BCUT2D eigenvalue weighted by molar-refractivity contribution is 6.31. The molecule has 0 aliphatic carbocycles. The average molecular weight is 226 g/mol. The van der Waals surface area contributed by atoms with Crippen LogP contribution >= 0.6 is 11.6 Å². The minimum absolute atomic E-state index is 0.442. The number of rotatable bonds is 2. The van der Waals surface area contributed by atoms with Gasteiger partial charge in [0, 0.05) is 16.6 Å². The third-order valence-corrected chi connectivity index (χ3v) is 3.39. The fraction of sp³-hybridized carbons (Fsp3) is 0.500. The van der Waals surface area contributed by atoms with Crippen molar-refractivity contribution in [2.24, 2.45) is 0 Å². The topological polar surface area (TPSA) is 21.3 Å². The summed E-state index contributed by atoms with van der Waals surface area (Å²) in [4.78, 5) is 0. The van der Waals surface area contributed by atoms with Gasteiger partial charge in [0.2, 0.25) is 0 Å².